The highest BCUT2D eigenvalue weighted by Crippen LogP contribution is 2.19. The van der Waals surface area contributed by atoms with Gasteiger partial charge in [0.2, 0.25) is 0 Å². The van der Waals surface area contributed by atoms with Crippen molar-refractivity contribution in [2.24, 2.45) is 0 Å². The standard InChI is InChI=1S/C13H24N4O2/c1-4-6-14-11-7-12(16-10(3)15-11)17-13(5-2,8-18)9-19/h7,18-19H,4-6,8-9H2,1-3H3,(H2,14,15,16,17). The van der Waals surface area contributed by atoms with Gasteiger partial charge in [0.1, 0.15) is 17.5 Å². The molecule has 0 aliphatic carbocycles. The zero-order valence-corrected chi connectivity index (χ0v) is 11.9. The van der Waals surface area contributed by atoms with Gasteiger partial charge in [-0.25, -0.2) is 9.97 Å². The van der Waals surface area contributed by atoms with Crippen molar-refractivity contribution in [3.8, 4) is 0 Å². The fourth-order valence-electron chi connectivity index (χ4n) is 1.69. The Labute approximate surface area is 114 Å². The number of nitrogens with zero attached hydrogens (tertiary/aromatic N) is 2. The molecule has 1 aromatic heterocycles. The lowest BCUT2D eigenvalue weighted by atomic mass is 9.98. The second-order valence-corrected chi connectivity index (χ2v) is 4.69. The summed E-state index contributed by atoms with van der Waals surface area (Å²) in [6.45, 7) is 6.34. The first-order valence-electron chi connectivity index (χ1n) is 6.68. The Balaban J connectivity index is 2.90. The minimum Gasteiger partial charge on any atom is -0.394 e. The summed E-state index contributed by atoms with van der Waals surface area (Å²) in [7, 11) is 0. The second kappa shape index (κ2) is 7.25. The first-order valence-corrected chi connectivity index (χ1v) is 6.68. The molecule has 0 spiro atoms. The van der Waals surface area contributed by atoms with Gasteiger partial charge in [-0.05, 0) is 19.8 Å². The van der Waals surface area contributed by atoms with E-state index in [-0.39, 0.29) is 13.2 Å². The fraction of sp³-hybridized carbons (Fsp3) is 0.692. The molecule has 0 radical (unpaired) electrons. The number of aliphatic hydroxyl groups excluding tert-OH is 2. The average molecular weight is 268 g/mol. The quantitative estimate of drug-likeness (QED) is 0.565. The first kappa shape index (κ1) is 15.7. The third kappa shape index (κ3) is 4.33. The molecule has 0 aliphatic rings. The van der Waals surface area contributed by atoms with Gasteiger partial charge in [0.15, 0.2) is 0 Å². The highest BCUT2D eigenvalue weighted by molar-refractivity contribution is 5.49. The third-order valence-corrected chi connectivity index (χ3v) is 3.07. The number of aryl methyl sites for hydroxylation is 1. The SMILES string of the molecule is CCCNc1cc(NC(CC)(CO)CO)nc(C)n1. The van der Waals surface area contributed by atoms with Crippen molar-refractivity contribution >= 4 is 11.6 Å². The Bertz CT molecular complexity index is 386. The van der Waals surface area contributed by atoms with Crippen molar-refractivity contribution in [1.82, 2.24) is 9.97 Å². The van der Waals surface area contributed by atoms with E-state index in [2.05, 4.69) is 27.5 Å². The average Bonchev–Trinajstić information content (AvgIpc) is 2.42. The van der Waals surface area contributed by atoms with Crippen molar-refractivity contribution in [2.75, 3.05) is 30.4 Å². The molecule has 4 N–H and O–H groups in total. The van der Waals surface area contributed by atoms with Crippen LogP contribution in [0.1, 0.15) is 32.5 Å². The molecule has 0 fully saturated rings. The lowest BCUT2D eigenvalue weighted by molar-refractivity contribution is 0.132. The Morgan fingerprint density at radius 3 is 2.32 bits per heavy atom. The van der Waals surface area contributed by atoms with Crippen molar-refractivity contribution in [3.63, 3.8) is 0 Å². The van der Waals surface area contributed by atoms with E-state index in [1.54, 1.807) is 6.07 Å². The lowest BCUT2D eigenvalue weighted by Crippen LogP contribution is -2.45. The molecule has 19 heavy (non-hydrogen) atoms. The van der Waals surface area contributed by atoms with E-state index >= 15 is 0 Å². The normalized spacial score (nSPS) is 11.4. The summed E-state index contributed by atoms with van der Waals surface area (Å²) in [6, 6.07) is 1.79. The molecule has 1 aromatic rings. The Morgan fingerprint density at radius 1 is 1.16 bits per heavy atom. The largest absolute Gasteiger partial charge is 0.394 e. The molecule has 0 aliphatic heterocycles. The van der Waals surface area contributed by atoms with E-state index < -0.39 is 5.54 Å². The van der Waals surface area contributed by atoms with Crippen LogP contribution in [0.3, 0.4) is 0 Å². The molecular formula is C13H24N4O2. The molecular weight excluding hydrogens is 244 g/mol. The van der Waals surface area contributed by atoms with Crippen LogP contribution in [0.4, 0.5) is 11.6 Å². The smallest absolute Gasteiger partial charge is 0.132 e. The summed E-state index contributed by atoms with van der Waals surface area (Å²) in [5, 5.41) is 25.2. The van der Waals surface area contributed by atoms with Crippen LogP contribution in [0, 0.1) is 6.92 Å². The predicted octanol–water partition coefficient (Wildman–Crippen LogP) is 1.15. The van der Waals surface area contributed by atoms with E-state index in [9.17, 15) is 10.2 Å². The van der Waals surface area contributed by atoms with Crippen LogP contribution in [0.15, 0.2) is 6.07 Å². The highest BCUT2D eigenvalue weighted by atomic mass is 16.3. The van der Waals surface area contributed by atoms with E-state index in [1.165, 1.54) is 0 Å². The molecule has 6 nitrogen and oxygen atoms in total. The van der Waals surface area contributed by atoms with Crippen LogP contribution >= 0.6 is 0 Å². The van der Waals surface area contributed by atoms with Crippen molar-refractivity contribution < 1.29 is 10.2 Å². The zero-order valence-electron chi connectivity index (χ0n) is 11.9. The van der Waals surface area contributed by atoms with Crippen molar-refractivity contribution in [1.29, 1.82) is 0 Å². The van der Waals surface area contributed by atoms with Gasteiger partial charge in [-0.15, -0.1) is 0 Å². The molecule has 0 aromatic carbocycles. The highest BCUT2D eigenvalue weighted by Gasteiger charge is 2.26. The van der Waals surface area contributed by atoms with Gasteiger partial charge >= 0.3 is 0 Å². The van der Waals surface area contributed by atoms with Crippen molar-refractivity contribution in [2.45, 2.75) is 39.2 Å². The minimum absolute atomic E-state index is 0.152. The van der Waals surface area contributed by atoms with Gasteiger partial charge < -0.3 is 20.8 Å². The van der Waals surface area contributed by atoms with Gasteiger partial charge in [0.25, 0.3) is 0 Å². The van der Waals surface area contributed by atoms with Gasteiger partial charge in [0.05, 0.1) is 18.8 Å². The number of anilines is 2. The zero-order chi connectivity index (χ0) is 14.3. The Hall–Kier alpha value is -1.40. The maximum atomic E-state index is 9.44. The fourth-order valence-corrected chi connectivity index (χ4v) is 1.69. The number of rotatable bonds is 8. The maximum Gasteiger partial charge on any atom is 0.132 e. The molecule has 0 saturated carbocycles. The van der Waals surface area contributed by atoms with E-state index in [4.69, 9.17) is 0 Å². The molecule has 0 atom stereocenters. The summed E-state index contributed by atoms with van der Waals surface area (Å²) >= 11 is 0. The van der Waals surface area contributed by atoms with E-state index in [0.29, 0.717) is 18.1 Å². The molecule has 0 saturated heterocycles. The Kier molecular flexibility index (Phi) is 5.98. The van der Waals surface area contributed by atoms with E-state index in [1.807, 2.05) is 13.8 Å². The summed E-state index contributed by atoms with van der Waals surface area (Å²) in [6.07, 6.45) is 1.61. The molecule has 0 amide bonds. The second-order valence-electron chi connectivity index (χ2n) is 4.69. The maximum absolute atomic E-state index is 9.44. The first-order chi connectivity index (χ1) is 9.09. The van der Waals surface area contributed by atoms with Gasteiger partial charge in [-0.2, -0.15) is 0 Å². The number of aromatic nitrogens is 2. The van der Waals surface area contributed by atoms with Crippen LogP contribution in [0.25, 0.3) is 0 Å². The predicted molar refractivity (Wildman–Crippen MR) is 76.4 cm³/mol. The summed E-state index contributed by atoms with van der Waals surface area (Å²) in [5.41, 5.74) is -0.747. The number of aliphatic hydroxyl groups is 2. The topological polar surface area (TPSA) is 90.3 Å². The molecule has 108 valence electrons. The number of nitrogens with one attached hydrogen (secondary N) is 2. The summed E-state index contributed by atoms with van der Waals surface area (Å²) < 4.78 is 0. The number of hydrogen-bond acceptors (Lipinski definition) is 6. The molecule has 1 heterocycles. The molecule has 6 heteroatoms. The van der Waals surface area contributed by atoms with E-state index in [0.717, 1.165) is 18.8 Å². The summed E-state index contributed by atoms with van der Waals surface area (Å²) in [5.74, 6) is 2.00. The van der Waals surface area contributed by atoms with Crippen LogP contribution in [0.5, 0.6) is 0 Å². The van der Waals surface area contributed by atoms with Crippen LogP contribution in [0.2, 0.25) is 0 Å². The van der Waals surface area contributed by atoms with Crippen LogP contribution < -0.4 is 10.6 Å². The van der Waals surface area contributed by atoms with Gasteiger partial charge in [-0.1, -0.05) is 13.8 Å². The minimum atomic E-state index is -0.747. The molecule has 0 unspecified atom stereocenters. The third-order valence-electron chi connectivity index (χ3n) is 3.07. The van der Waals surface area contributed by atoms with Crippen molar-refractivity contribution in [3.05, 3.63) is 11.9 Å². The Morgan fingerprint density at radius 2 is 1.79 bits per heavy atom. The number of hydrogen-bond donors (Lipinski definition) is 4. The van der Waals surface area contributed by atoms with Gasteiger partial charge in [-0.3, -0.25) is 0 Å². The van der Waals surface area contributed by atoms with Crippen LogP contribution in [-0.4, -0.2) is 45.5 Å². The summed E-state index contributed by atoms with van der Waals surface area (Å²) in [4.78, 5) is 8.58. The van der Waals surface area contributed by atoms with Gasteiger partial charge in [0, 0.05) is 12.6 Å². The lowest BCUT2D eigenvalue weighted by Gasteiger charge is -2.30. The molecule has 0 bridgehead atoms. The van der Waals surface area contributed by atoms with Crippen LogP contribution in [-0.2, 0) is 0 Å². The molecule has 1 rings (SSSR count). The monoisotopic (exact) mass is 268 g/mol.